The Bertz CT molecular complexity index is 702. The highest BCUT2D eigenvalue weighted by Crippen LogP contribution is 2.38. The molecule has 1 unspecified atom stereocenters. The molecule has 6 heteroatoms. The highest BCUT2D eigenvalue weighted by Gasteiger charge is 2.34. The monoisotopic (exact) mass is 369 g/mol. The summed E-state index contributed by atoms with van der Waals surface area (Å²) in [5.74, 6) is 2.12. The smallest absolute Gasteiger partial charge is 0.148 e. The molecule has 3 saturated heterocycles. The molecule has 1 aromatic carbocycles. The number of rotatable bonds is 7. The average Bonchev–Trinajstić information content (AvgIpc) is 2.74. The highest BCUT2D eigenvalue weighted by atomic mass is 16.5. The van der Waals surface area contributed by atoms with Crippen LogP contribution in [-0.4, -0.2) is 50.9 Å². The molecular weight excluding hydrogens is 338 g/mol. The number of piperidine rings is 3. The number of nitrogens with two attached hydrogens (primary N) is 1. The van der Waals surface area contributed by atoms with Crippen LogP contribution in [0, 0.1) is 5.92 Å². The summed E-state index contributed by atoms with van der Waals surface area (Å²) in [6, 6.07) is 8.91. The summed E-state index contributed by atoms with van der Waals surface area (Å²) in [5.41, 5.74) is 9.89. The van der Waals surface area contributed by atoms with E-state index in [1.54, 1.807) is 7.11 Å². The predicted octanol–water partition coefficient (Wildman–Crippen LogP) is 2.48. The fourth-order valence-corrected chi connectivity index (χ4v) is 4.02. The highest BCUT2D eigenvalue weighted by molar-refractivity contribution is 5.98. The van der Waals surface area contributed by atoms with Gasteiger partial charge in [-0.2, -0.15) is 0 Å². The van der Waals surface area contributed by atoms with E-state index in [1.165, 1.54) is 38.0 Å². The molecule has 0 radical (unpaired) electrons. The normalized spacial score (nSPS) is 25.9. The van der Waals surface area contributed by atoms with Gasteiger partial charge in [0, 0.05) is 13.7 Å². The Kier molecular flexibility index (Phi) is 6.63. The molecule has 6 nitrogen and oxygen atoms in total. The van der Waals surface area contributed by atoms with Crippen LogP contribution >= 0.6 is 0 Å². The van der Waals surface area contributed by atoms with E-state index in [0.717, 1.165) is 11.5 Å². The third-order valence-electron chi connectivity index (χ3n) is 5.75. The predicted molar refractivity (Wildman–Crippen MR) is 111 cm³/mol. The Balaban J connectivity index is 1.69. The SMILES string of the molecule is C=N/C(C)=C(/N)C(=NCc1ccc(C2CN3CCC2CC3)cc1)NCOC. The number of nitrogens with zero attached hydrogens (tertiary/aromatic N) is 3. The quantitative estimate of drug-likeness (QED) is 0.440. The zero-order valence-corrected chi connectivity index (χ0v) is 16.4. The fraction of sp³-hybridized carbons (Fsp3) is 0.524. The Labute approximate surface area is 162 Å². The molecule has 0 aromatic heterocycles. The van der Waals surface area contributed by atoms with Crippen molar-refractivity contribution in [3.8, 4) is 0 Å². The van der Waals surface area contributed by atoms with Crippen LogP contribution in [0.1, 0.15) is 36.8 Å². The van der Waals surface area contributed by atoms with Gasteiger partial charge in [0.25, 0.3) is 0 Å². The van der Waals surface area contributed by atoms with Gasteiger partial charge >= 0.3 is 0 Å². The van der Waals surface area contributed by atoms with Gasteiger partial charge in [0.05, 0.1) is 17.9 Å². The maximum absolute atomic E-state index is 6.13. The van der Waals surface area contributed by atoms with E-state index in [4.69, 9.17) is 10.5 Å². The number of aliphatic imine (C=N–C) groups is 2. The van der Waals surface area contributed by atoms with E-state index in [2.05, 4.69) is 51.2 Å². The van der Waals surface area contributed by atoms with Crippen molar-refractivity contribution in [2.24, 2.45) is 21.6 Å². The van der Waals surface area contributed by atoms with Gasteiger partial charge < -0.3 is 20.7 Å². The number of nitrogens with one attached hydrogen (secondary N) is 1. The molecule has 3 fully saturated rings. The Morgan fingerprint density at radius 1 is 1.30 bits per heavy atom. The minimum absolute atomic E-state index is 0.336. The summed E-state index contributed by atoms with van der Waals surface area (Å²) in [6.07, 6.45) is 2.68. The van der Waals surface area contributed by atoms with Crippen molar-refractivity contribution in [3.63, 3.8) is 0 Å². The van der Waals surface area contributed by atoms with E-state index in [1.807, 2.05) is 6.92 Å². The van der Waals surface area contributed by atoms with Crippen LogP contribution in [0.15, 0.2) is 45.6 Å². The lowest BCUT2D eigenvalue weighted by atomic mass is 9.75. The third-order valence-corrected chi connectivity index (χ3v) is 5.75. The molecular formula is C21H31N5O. The number of methoxy groups -OCH3 is 1. The number of hydrogen-bond acceptors (Lipinski definition) is 5. The van der Waals surface area contributed by atoms with Gasteiger partial charge in [0.15, 0.2) is 0 Å². The molecule has 0 aliphatic carbocycles. The lowest BCUT2D eigenvalue weighted by molar-refractivity contribution is 0.0871. The second-order valence-electron chi connectivity index (χ2n) is 7.42. The van der Waals surface area contributed by atoms with Crippen LogP contribution in [0.3, 0.4) is 0 Å². The molecule has 0 amide bonds. The van der Waals surface area contributed by atoms with Gasteiger partial charge in [-0.1, -0.05) is 24.3 Å². The van der Waals surface area contributed by atoms with Crippen LogP contribution in [0.2, 0.25) is 0 Å². The summed E-state index contributed by atoms with van der Waals surface area (Å²) in [4.78, 5) is 11.1. The van der Waals surface area contributed by atoms with Crippen LogP contribution in [0.4, 0.5) is 0 Å². The second kappa shape index (κ2) is 9.15. The number of allylic oxidation sites excluding steroid dienone is 1. The molecule has 1 aromatic rings. The van der Waals surface area contributed by atoms with Gasteiger partial charge in [-0.25, -0.2) is 0 Å². The van der Waals surface area contributed by atoms with Crippen molar-refractivity contribution in [1.29, 1.82) is 0 Å². The van der Waals surface area contributed by atoms with Crippen LogP contribution in [0.5, 0.6) is 0 Å². The van der Waals surface area contributed by atoms with Gasteiger partial charge in [0.2, 0.25) is 0 Å². The van der Waals surface area contributed by atoms with E-state index in [-0.39, 0.29) is 0 Å². The molecule has 3 aliphatic rings. The van der Waals surface area contributed by atoms with Crippen molar-refractivity contribution in [2.75, 3.05) is 33.5 Å². The summed E-state index contributed by atoms with van der Waals surface area (Å²) in [5, 5.41) is 3.09. The van der Waals surface area contributed by atoms with Crippen LogP contribution < -0.4 is 11.1 Å². The summed E-state index contributed by atoms with van der Waals surface area (Å²) in [7, 11) is 1.62. The number of fused-ring (bicyclic) bond motifs is 3. The largest absolute Gasteiger partial charge is 0.394 e. The van der Waals surface area contributed by atoms with E-state index < -0.39 is 0 Å². The van der Waals surface area contributed by atoms with Crippen LogP contribution in [0.25, 0.3) is 0 Å². The number of hydrogen-bond donors (Lipinski definition) is 2. The first-order chi connectivity index (χ1) is 13.1. The second-order valence-corrected chi connectivity index (χ2v) is 7.42. The Hall–Kier alpha value is -2.18. The molecule has 0 spiro atoms. The summed E-state index contributed by atoms with van der Waals surface area (Å²) in [6.45, 7) is 10.00. The minimum atomic E-state index is 0.336. The molecule has 2 bridgehead atoms. The van der Waals surface area contributed by atoms with E-state index in [0.29, 0.717) is 36.4 Å². The van der Waals surface area contributed by atoms with Crippen molar-refractivity contribution in [3.05, 3.63) is 46.8 Å². The summed E-state index contributed by atoms with van der Waals surface area (Å²) < 4.78 is 5.07. The van der Waals surface area contributed by atoms with Crippen molar-refractivity contribution in [1.82, 2.24) is 10.2 Å². The van der Waals surface area contributed by atoms with E-state index >= 15 is 0 Å². The third kappa shape index (κ3) is 4.76. The lowest BCUT2D eigenvalue weighted by Crippen LogP contribution is -2.46. The minimum Gasteiger partial charge on any atom is -0.394 e. The molecule has 3 N–H and O–H groups in total. The maximum atomic E-state index is 6.13. The zero-order valence-electron chi connectivity index (χ0n) is 16.4. The molecule has 4 rings (SSSR count). The molecule has 27 heavy (non-hydrogen) atoms. The van der Waals surface area contributed by atoms with Gasteiger partial charge in [-0.05, 0) is 62.5 Å². The Morgan fingerprint density at radius 2 is 2.00 bits per heavy atom. The molecule has 0 saturated carbocycles. The standard InChI is InChI=1S/C21H31N5O/c1-15(23-2)20(22)21(25-14-27-3)24-12-16-4-6-17(7-5-16)19-13-26-10-8-18(19)9-11-26/h4-7,18-19H,2,8-14,22H2,1,3H3,(H,24,25)/b20-15+. The Morgan fingerprint density at radius 3 is 2.56 bits per heavy atom. The number of benzene rings is 1. The molecule has 3 aliphatic heterocycles. The summed E-state index contributed by atoms with van der Waals surface area (Å²) >= 11 is 0. The first-order valence-corrected chi connectivity index (χ1v) is 9.64. The molecule has 146 valence electrons. The average molecular weight is 370 g/mol. The van der Waals surface area contributed by atoms with Crippen LogP contribution in [-0.2, 0) is 11.3 Å². The molecule has 1 atom stereocenters. The first-order valence-electron chi connectivity index (χ1n) is 9.64. The van der Waals surface area contributed by atoms with Crippen molar-refractivity contribution in [2.45, 2.75) is 32.2 Å². The van der Waals surface area contributed by atoms with Gasteiger partial charge in [-0.15, -0.1) is 0 Å². The number of ether oxygens (including phenoxy) is 1. The first kappa shape index (κ1) is 19.6. The fourth-order valence-electron chi connectivity index (χ4n) is 4.02. The van der Waals surface area contributed by atoms with Crippen molar-refractivity contribution < 1.29 is 4.74 Å². The lowest BCUT2D eigenvalue weighted by Gasteiger charge is -2.45. The van der Waals surface area contributed by atoms with Crippen molar-refractivity contribution >= 4 is 12.6 Å². The molecule has 3 heterocycles. The topological polar surface area (TPSA) is 75.2 Å². The zero-order chi connectivity index (χ0) is 19.2. The van der Waals surface area contributed by atoms with E-state index in [9.17, 15) is 0 Å². The number of amidine groups is 1. The maximum Gasteiger partial charge on any atom is 0.148 e. The van der Waals surface area contributed by atoms with Gasteiger partial charge in [0.1, 0.15) is 12.6 Å². The van der Waals surface area contributed by atoms with Gasteiger partial charge in [-0.3, -0.25) is 9.98 Å².